The molecule has 1 atom stereocenters. The maximum atomic E-state index is 12.6. The van der Waals surface area contributed by atoms with E-state index in [0.29, 0.717) is 5.56 Å². The van der Waals surface area contributed by atoms with Crippen LogP contribution >= 0.6 is 0 Å². The zero-order valence-electron chi connectivity index (χ0n) is 15.8. The summed E-state index contributed by atoms with van der Waals surface area (Å²) >= 11 is 0. The van der Waals surface area contributed by atoms with Crippen molar-refractivity contribution in [2.75, 3.05) is 13.1 Å². The molecule has 1 aromatic carbocycles. The van der Waals surface area contributed by atoms with Crippen LogP contribution in [0.2, 0.25) is 0 Å². The first-order valence-electron chi connectivity index (χ1n) is 9.80. The van der Waals surface area contributed by atoms with E-state index in [1.807, 2.05) is 42.7 Å². The summed E-state index contributed by atoms with van der Waals surface area (Å²) in [6.45, 7) is 3.00. The molecule has 2 N–H and O–H groups in total. The van der Waals surface area contributed by atoms with Crippen LogP contribution in [0.4, 0.5) is 0 Å². The Bertz CT molecular complexity index is 877. The average molecular weight is 375 g/mol. The zero-order valence-corrected chi connectivity index (χ0v) is 15.8. The highest BCUT2D eigenvalue weighted by atomic mass is 16.1. The van der Waals surface area contributed by atoms with Gasteiger partial charge in [-0.25, -0.2) is 0 Å². The normalized spacial score (nSPS) is 17.8. The number of carbonyl (C=O) groups is 1. The highest BCUT2D eigenvalue weighted by molar-refractivity contribution is 5.94. The van der Waals surface area contributed by atoms with Crippen molar-refractivity contribution in [1.82, 2.24) is 25.4 Å². The van der Waals surface area contributed by atoms with Gasteiger partial charge < -0.3 is 5.32 Å². The SMILES string of the molecule is O=C(N[C@H]1CCCN(Cc2ccncc2)CC1)c1ccc(-c2ccn[nH]2)cc1. The second kappa shape index (κ2) is 8.80. The van der Waals surface area contributed by atoms with E-state index >= 15 is 0 Å². The number of aromatic nitrogens is 3. The predicted molar refractivity (Wildman–Crippen MR) is 109 cm³/mol. The van der Waals surface area contributed by atoms with Crippen molar-refractivity contribution in [3.63, 3.8) is 0 Å². The average Bonchev–Trinajstić information content (AvgIpc) is 3.19. The Morgan fingerprint density at radius 3 is 2.61 bits per heavy atom. The van der Waals surface area contributed by atoms with Gasteiger partial charge >= 0.3 is 0 Å². The number of aromatic amines is 1. The zero-order chi connectivity index (χ0) is 19.2. The van der Waals surface area contributed by atoms with Crippen molar-refractivity contribution in [1.29, 1.82) is 0 Å². The molecule has 0 saturated carbocycles. The van der Waals surface area contributed by atoms with Crippen molar-refractivity contribution in [2.45, 2.75) is 31.8 Å². The summed E-state index contributed by atoms with van der Waals surface area (Å²) in [5.74, 6) is 0.00347. The van der Waals surface area contributed by atoms with Gasteiger partial charge in [-0.1, -0.05) is 12.1 Å². The highest BCUT2D eigenvalue weighted by Gasteiger charge is 2.19. The van der Waals surface area contributed by atoms with Crippen LogP contribution in [0.15, 0.2) is 61.1 Å². The van der Waals surface area contributed by atoms with Crippen molar-refractivity contribution in [3.8, 4) is 11.3 Å². The van der Waals surface area contributed by atoms with Gasteiger partial charge in [0, 0.05) is 43.3 Å². The van der Waals surface area contributed by atoms with E-state index in [2.05, 4.69) is 37.5 Å². The van der Waals surface area contributed by atoms with Crippen molar-refractivity contribution >= 4 is 5.91 Å². The number of benzene rings is 1. The summed E-state index contributed by atoms with van der Waals surface area (Å²) in [7, 11) is 0. The molecule has 6 heteroatoms. The van der Waals surface area contributed by atoms with E-state index < -0.39 is 0 Å². The molecule has 6 nitrogen and oxygen atoms in total. The molecule has 4 rings (SSSR count). The lowest BCUT2D eigenvalue weighted by molar-refractivity contribution is 0.0933. The van der Waals surface area contributed by atoms with Crippen LogP contribution in [0, 0.1) is 0 Å². The molecule has 0 spiro atoms. The number of pyridine rings is 1. The maximum Gasteiger partial charge on any atom is 0.251 e. The quantitative estimate of drug-likeness (QED) is 0.718. The third-order valence-corrected chi connectivity index (χ3v) is 5.27. The Morgan fingerprint density at radius 2 is 1.86 bits per heavy atom. The summed E-state index contributed by atoms with van der Waals surface area (Å²) in [4.78, 5) is 19.2. The molecule has 0 unspecified atom stereocenters. The third kappa shape index (κ3) is 4.64. The van der Waals surface area contributed by atoms with Crippen LogP contribution in [0.1, 0.15) is 35.2 Å². The molecule has 0 aliphatic carbocycles. The summed E-state index contributed by atoms with van der Waals surface area (Å²) in [5.41, 5.74) is 3.95. The molecule has 0 bridgehead atoms. The van der Waals surface area contributed by atoms with E-state index in [0.717, 1.165) is 50.2 Å². The molecule has 3 aromatic rings. The van der Waals surface area contributed by atoms with Crippen LogP contribution in [0.25, 0.3) is 11.3 Å². The highest BCUT2D eigenvalue weighted by Crippen LogP contribution is 2.18. The smallest absolute Gasteiger partial charge is 0.251 e. The molecule has 1 fully saturated rings. The first-order valence-corrected chi connectivity index (χ1v) is 9.80. The Balaban J connectivity index is 1.31. The van der Waals surface area contributed by atoms with E-state index in [1.54, 1.807) is 6.20 Å². The number of likely N-dealkylation sites (tertiary alicyclic amines) is 1. The summed E-state index contributed by atoms with van der Waals surface area (Å²) in [6, 6.07) is 13.9. The lowest BCUT2D eigenvalue weighted by Gasteiger charge is -2.20. The minimum Gasteiger partial charge on any atom is -0.349 e. The van der Waals surface area contributed by atoms with Gasteiger partial charge in [-0.2, -0.15) is 5.10 Å². The van der Waals surface area contributed by atoms with Crippen molar-refractivity contribution in [2.24, 2.45) is 0 Å². The molecule has 1 saturated heterocycles. The predicted octanol–water partition coefficient (Wildman–Crippen LogP) is 3.26. The molecule has 1 aliphatic rings. The van der Waals surface area contributed by atoms with E-state index in [-0.39, 0.29) is 11.9 Å². The van der Waals surface area contributed by atoms with E-state index in [9.17, 15) is 4.79 Å². The number of hydrogen-bond acceptors (Lipinski definition) is 4. The molecule has 3 heterocycles. The van der Waals surface area contributed by atoms with Crippen LogP contribution in [0.3, 0.4) is 0 Å². The molecular formula is C22H25N5O. The Labute approximate surface area is 165 Å². The Kier molecular flexibility index (Phi) is 5.77. The lowest BCUT2D eigenvalue weighted by atomic mass is 10.1. The number of rotatable bonds is 5. The van der Waals surface area contributed by atoms with Gasteiger partial charge in [0.25, 0.3) is 5.91 Å². The fourth-order valence-electron chi connectivity index (χ4n) is 3.69. The Morgan fingerprint density at radius 1 is 1.04 bits per heavy atom. The van der Waals surface area contributed by atoms with Crippen LogP contribution in [0.5, 0.6) is 0 Å². The van der Waals surface area contributed by atoms with Crippen LogP contribution in [-0.2, 0) is 6.54 Å². The largest absolute Gasteiger partial charge is 0.349 e. The number of nitrogens with one attached hydrogen (secondary N) is 2. The Hall–Kier alpha value is -2.99. The van der Waals surface area contributed by atoms with Gasteiger partial charge in [0.2, 0.25) is 0 Å². The minimum absolute atomic E-state index is 0.00347. The molecule has 1 aliphatic heterocycles. The van der Waals surface area contributed by atoms with Gasteiger partial charge in [0.15, 0.2) is 0 Å². The maximum absolute atomic E-state index is 12.6. The standard InChI is InChI=1S/C22H25N5O/c28-22(19-5-3-18(4-6-19)21-9-13-24-26-21)25-20-2-1-14-27(15-10-20)16-17-7-11-23-12-8-17/h3-9,11-13,20H,1-2,10,14-16H2,(H,24,26)(H,25,28)/t20-/m0/s1. The number of amides is 1. The van der Waals surface area contributed by atoms with Gasteiger partial charge in [-0.15, -0.1) is 0 Å². The summed E-state index contributed by atoms with van der Waals surface area (Å²) in [5, 5.41) is 10.1. The monoisotopic (exact) mass is 375 g/mol. The number of nitrogens with zero attached hydrogens (tertiary/aromatic N) is 3. The van der Waals surface area contributed by atoms with Crippen LogP contribution < -0.4 is 5.32 Å². The second-order valence-corrected chi connectivity index (χ2v) is 7.28. The molecular weight excluding hydrogens is 350 g/mol. The molecule has 144 valence electrons. The molecule has 28 heavy (non-hydrogen) atoms. The van der Waals surface area contributed by atoms with Gasteiger partial charge in [0.1, 0.15) is 0 Å². The topological polar surface area (TPSA) is 73.9 Å². The van der Waals surface area contributed by atoms with Crippen LogP contribution in [-0.4, -0.2) is 45.1 Å². The number of H-pyrrole nitrogens is 1. The first-order chi connectivity index (χ1) is 13.8. The molecule has 0 radical (unpaired) electrons. The molecule has 2 aromatic heterocycles. The van der Waals surface area contributed by atoms with E-state index in [4.69, 9.17) is 0 Å². The fraction of sp³-hybridized carbons (Fsp3) is 0.318. The number of carbonyl (C=O) groups excluding carboxylic acids is 1. The number of hydrogen-bond donors (Lipinski definition) is 2. The van der Waals surface area contributed by atoms with Gasteiger partial charge in [-0.05, 0) is 67.3 Å². The van der Waals surface area contributed by atoms with E-state index in [1.165, 1.54) is 5.56 Å². The lowest BCUT2D eigenvalue weighted by Crippen LogP contribution is -2.35. The third-order valence-electron chi connectivity index (χ3n) is 5.27. The second-order valence-electron chi connectivity index (χ2n) is 7.28. The molecule has 1 amide bonds. The van der Waals surface area contributed by atoms with Gasteiger partial charge in [0.05, 0.1) is 5.69 Å². The van der Waals surface area contributed by atoms with Gasteiger partial charge in [-0.3, -0.25) is 19.8 Å². The minimum atomic E-state index is 0.00347. The summed E-state index contributed by atoms with van der Waals surface area (Å²) in [6.07, 6.45) is 8.49. The first kappa shape index (κ1) is 18.4. The summed E-state index contributed by atoms with van der Waals surface area (Å²) < 4.78 is 0. The fourth-order valence-corrected chi connectivity index (χ4v) is 3.69. The van der Waals surface area contributed by atoms with Crippen molar-refractivity contribution in [3.05, 3.63) is 72.2 Å². The van der Waals surface area contributed by atoms with Crippen molar-refractivity contribution < 1.29 is 4.79 Å².